The van der Waals surface area contributed by atoms with Gasteiger partial charge in [-0.1, -0.05) is 31.2 Å². The molecule has 1 aliphatic heterocycles. The number of fused-ring (bicyclic) bond motifs is 1. The maximum absolute atomic E-state index is 3.53. The second-order valence-electron chi connectivity index (χ2n) is 6.05. The van der Waals surface area contributed by atoms with E-state index in [0.29, 0.717) is 0 Å². The lowest BCUT2D eigenvalue weighted by Gasteiger charge is -2.38. The summed E-state index contributed by atoms with van der Waals surface area (Å²) in [6, 6.07) is 10.6. The highest BCUT2D eigenvalue weighted by molar-refractivity contribution is 5.30. The summed E-state index contributed by atoms with van der Waals surface area (Å²) in [5.74, 6) is 0. The van der Waals surface area contributed by atoms with Crippen LogP contribution in [0, 0.1) is 0 Å². The number of benzene rings is 1. The van der Waals surface area contributed by atoms with E-state index in [9.17, 15) is 0 Å². The molecule has 0 saturated carbocycles. The Balaban J connectivity index is 1.73. The van der Waals surface area contributed by atoms with Crippen LogP contribution in [0.2, 0.25) is 0 Å². The van der Waals surface area contributed by atoms with Crippen molar-refractivity contribution in [2.75, 3.05) is 19.6 Å². The molecule has 19 heavy (non-hydrogen) atoms. The molecule has 104 valence electrons. The summed E-state index contributed by atoms with van der Waals surface area (Å²) in [5.41, 5.74) is 3.17. The summed E-state index contributed by atoms with van der Waals surface area (Å²) in [7, 11) is 0. The molecule has 0 spiro atoms. The molecule has 2 aliphatic rings. The van der Waals surface area contributed by atoms with Gasteiger partial charge in [-0.2, -0.15) is 0 Å². The van der Waals surface area contributed by atoms with Crippen molar-refractivity contribution < 1.29 is 0 Å². The Kier molecular flexibility index (Phi) is 4.19. The molecular weight excluding hydrogens is 232 g/mol. The van der Waals surface area contributed by atoms with Crippen LogP contribution in [0.25, 0.3) is 0 Å². The molecule has 1 aliphatic carbocycles. The van der Waals surface area contributed by atoms with Gasteiger partial charge in [0, 0.05) is 18.6 Å². The average Bonchev–Trinajstić information content (AvgIpc) is 2.98. The molecule has 1 saturated heterocycles. The lowest BCUT2D eigenvalue weighted by atomic mass is 9.86. The Bertz CT molecular complexity index is 409. The first kappa shape index (κ1) is 13.1. The summed E-state index contributed by atoms with van der Waals surface area (Å²) in [6.45, 7) is 5.97. The Morgan fingerprint density at radius 2 is 2.00 bits per heavy atom. The first-order chi connectivity index (χ1) is 9.38. The Morgan fingerprint density at radius 1 is 1.16 bits per heavy atom. The van der Waals surface area contributed by atoms with Crippen molar-refractivity contribution in [3.8, 4) is 0 Å². The van der Waals surface area contributed by atoms with Gasteiger partial charge in [-0.25, -0.2) is 0 Å². The molecule has 1 fully saturated rings. The summed E-state index contributed by atoms with van der Waals surface area (Å²) in [4.78, 5) is 2.80. The smallest absolute Gasteiger partial charge is 0.0235 e. The number of hydrogen-bond donors (Lipinski definition) is 1. The average molecular weight is 258 g/mol. The fourth-order valence-corrected chi connectivity index (χ4v) is 3.81. The SMILES string of the molecule is CCCN(C1CCNC1)C1CCc2ccccc2C1. The molecule has 0 bridgehead atoms. The summed E-state index contributed by atoms with van der Waals surface area (Å²) >= 11 is 0. The third-order valence-electron chi connectivity index (χ3n) is 4.77. The van der Waals surface area contributed by atoms with Crippen molar-refractivity contribution >= 4 is 0 Å². The van der Waals surface area contributed by atoms with Crippen molar-refractivity contribution in [2.24, 2.45) is 0 Å². The van der Waals surface area contributed by atoms with Crippen LogP contribution >= 0.6 is 0 Å². The fraction of sp³-hybridized carbons (Fsp3) is 0.647. The van der Waals surface area contributed by atoms with Gasteiger partial charge in [0.25, 0.3) is 0 Å². The number of aryl methyl sites for hydroxylation is 1. The van der Waals surface area contributed by atoms with Crippen LogP contribution in [-0.2, 0) is 12.8 Å². The molecule has 2 unspecified atom stereocenters. The molecule has 2 atom stereocenters. The van der Waals surface area contributed by atoms with E-state index in [0.717, 1.165) is 12.1 Å². The molecule has 3 rings (SSSR count). The highest BCUT2D eigenvalue weighted by Gasteiger charge is 2.30. The van der Waals surface area contributed by atoms with Gasteiger partial charge >= 0.3 is 0 Å². The van der Waals surface area contributed by atoms with Crippen molar-refractivity contribution in [3.63, 3.8) is 0 Å². The van der Waals surface area contributed by atoms with Gasteiger partial charge in [-0.3, -0.25) is 4.90 Å². The zero-order valence-corrected chi connectivity index (χ0v) is 12.1. The van der Waals surface area contributed by atoms with E-state index < -0.39 is 0 Å². The quantitative estimate of drug-likeness (QED) is 0.893. The summed E-state index contributed by atoms with van der Waals surface area (Å²) in [6.07, 6.45) is 6.47. The van der Waals surface area contributed by atoms with E-state index in [2.05, 4.69) is 41.4 Å². The van der Waals surface area contributed by atoms with Gasteiger partial charge in [0.1, 0.15) is 0 Å². The second-order valence-corrected chi connectivity index (χ2v) is 6.05. The Labute approximate surface area is 117 Å². The molecule has 1 aromatic rings. The zero-order valence-electron chi connectivity index (χ0n) is 12.1. The maximum atomic E-state index is 3.53. The Morgan fingerprint density at radius 3 is 2.74 bits per heavy atom. The lowest BCUT2D eigenvalue weighted by molar-refractivity contribution is 0.130. The van der Waals surface area contributed by atoms with Gasteiger partial charge in [0.15, 0.2) is 0 Å². The van der Waals surface area contributed by atoms with Crippen molar-refractivity contribution in [2.45, 2.75) is 51.1 Å². The standard InChI is InChI=1S/C17H26N2/c1-2-11-19(17-9-10-18-13-17)16-8-7-14-5-3-4-6-15(14)12-16/h3-6,16-18H,2,7-13H2,1H3. The highest BCUT2D eigenvalue weighted by Crippen LogP contribution is 2.27. The fourth-order valence-electron chi connectivity index (χ4n) is 3.81. The third-order valence-corrected chi connectivity index (χ3v) is 4.77. The monoisotopic (exact) mass is 258 g/mol. The van der Waals surface area contributed by atoms with E-state index in [4.69, 9.17) is 0 Å². The van der Waals surface area contributed by atoms with Crippen LogP contribution in [0.1, 0.15) is 37.3 Å². The van der Waals surface area contributed by atoms with Crippen LogP contribution in [0.3, 0.4) is 0 Å². The number of nitrogens with one attached hydrogen (secondary N) is 1. The number of hydrogen-bond acceptors (Lipinski definition) is 2. The normalized spacial score (nSPS) is 26.6. The molecule has 2 nitrogen and oxygen atoms in total. The third kappa shape index (κ3) is 2.85. The predicted octanol–water partition coefficient (Wildman–Crippen LogP) is 2.62. The van der Waals surface area contributed by atoms with Crippen LogP contribution in [0.15, 0.2) is 24.3 Å². The van der Waals surface area contributed by atoms with Crippen LogP contribution in [-0.4, -0.2) is 36.6 Å². The molecule has 0 radical (unpaired) electrons. The van der Waals surface area contributed by atoms with E-state index in [1.165, 1.54) is 51.7 Å². The van der Waals surface area contributed by atoms with Crippen molar-refractivity contribution in [1.82, 2.24) is 10.2 Å². The van der Waals surface area contributed by atoms with E-state index in [1.54, 1.807) is 11.1 Å². The van der Waals surface area contributed by atoms with Crippen LogP contribution in [0.4, 0.5) is 0 Å². The first-order valence-electron chi connectivity index (χ1n) is 7.91. The summed E-state index contributed by atoms with van der Waals surface area (Å²) < 4.78 is 0. The van der Waals surface area contributed by atoms with Gasteiger partial charge < -0.3 is 5.32 Å². The molecule has 2 heteroatoms. The largest absolute Gasteiger partial charge is 0.315 e. The lowest BCUT2D eigenvalue weighted by Crippen LogP contribution is -2.47. The van der Waals surface area contributed by atoms with Gasteiger partial charge in [-0.15, -0.1) is 0 Å². The van der Waals surface area contributed by atoms with E-state index in [1.807, 2.05) is 0 Å². The van der Waals surface area contributed by atoms with Crippen molar-refractivity contribution in [3.05, 3.63) is 35.4 Å². The maximum Gasteiger partial charge on any atom is 0.0235 e. The predicted molar refractivity (Wildman–Crippen MR) is 80.5 cm³/mol. The molecule has 1 aromatic carbocycles. The zero-order chi connectivity index (χ0) is 13.1. The topological polar surface area (TPSA) is 15.3 Å². The second kappa shape index (κ2) is 6.06. The van der Waals surface area contributed by atoms with Gasteiger partial charge in [-0.05, 0) is 56.3 Å². The molecule has 0 aromatic heterocycles. The van der Waals surface area contributed by atoms with Crippen LogP contribution in [0.5, 0.6) is 0 Å². The number of nitrogens with zero attached hydrogens (tertiary/aromatic N) is 1. The summed E-state index contributed by atoms with van der Waals surface area (Å²) in [5, 5.41) is 3.53. The van der Waals surface area contributed by atoms with E-state index in [-0.39, 0.29) is 0 Å². The first-order valence-corrected chi connectivity index (χ1v) is 7.91. The molecular formula is C17H26N2. The number of rotatable bonds is 4. The molecule has 1 N–H and O–H groups in total. The van der Waals surface area contributed by atoms with Gasteiger partial charge in [0.2, 0.25) is 0 Å². The minimum Gasteiger partial charge on any atom is -0.315 e. The minimum atomic E-state index is 0.764. The van der Waals surface area contributed by atoms with Crippen LogP contribution < -0.4 is 5.32 Å². The Hall–Kier alpha value is -0.860. The molecule has 1 heterocycles. The van der Waals surface area contributed by atoms with Crippen molar-refractivity contribution in [1.29, 1.82) is 0 Å². The van der Waals surface area contributed by atoms with E-state index >= 15 is 0 Å². The highest BCUT2D eigenvalue weighted by atomic mass is 15.2. The van der Waals surface area contributed by atoms with Gasteiger partial charge in [0.05, 0.1) is 0 Å². The molecule has 0 amide bonds. The minimum absolute atomic E-state index is 0.764.